The molecule has 2 atom stereocenters. The molecule has 1 saturated heterocycles. The first kappa shape index (κ1) is 23.8. The molecule has 166 valence electrons. The smallest absolute Gasteiger partial charge is 0.352 e. The van der Waals surface area contributed by atoms with E-state index in [-0.39, 0.29) is 28.8 Å². The summed E-state index contributed by atoms with van der Waals surface area (Å²) in [5, 5.41) is 32.5. The average Bonchev–Trinajstić information content (AvgIpc) is 3.17. The molecule has 0 saturated carbocycles. The zero-order valence-corrected chi connectivity index (χ0v) is 17.4. The van der Waals surface area contributed by atoms with Crippen LogP contribution in [0.3, 0.4) is 0 Å². The number of nitrogens with zero attached hydrogens (tertiary/aromatic N) is 3. The van der Waals surface area contributed by atoms with E-state index in [0.29, 0.717) is 11.3 Å². The summed E-state index contributed by atoms with van der Waals surface area (Å²) in [5.74, 6) is -3.24. The van der Waals surface area contributed by atoms with Crippen LogP contribution in [0.5, 0.6) is 0 Å². The van der Waals surface area contributed by atoms with Crippen LogP contribution >= 0.6 is 23.1 Å². The van der Waals surface area contributed by atoms with E-state index in [9.17, 15) is 24.3 Å². The van der Waals surface area contributed by atoms with E-state index in [0.717, 1.165) is 16.2 Å². The molecule has 0 aliphatic carbocycles. The van der Waals surface area contributed by atoms with Crippen molar-refractivity contribution in [2.24, 2.45) is 10.9 Å². The second-order valence-corrected chi connectivity index (χ2v) is 7.86. The molecule has 3 rings (SSSR count). The van der Waals surface area contributed by atoms with Crippen LogP contribution in [0.1, 0.15) is 5.69 Å². The number of aliphatic carboxylic acids is 2. The molecule has 0 aromatic carbocycles. The Morgan fingerprint density at radius 1 is 1.42 bits per heavy atom. The lowest BCUT2D eigenvalue weighted by molar-refractivity contribution is -0.150. The van der Waals surface area contributed by atoms with Crippen molar-refractivity contribution in [2.45, 2.75) is 11.4 Å². The fourth-order valence-corrected chi connectivity index (χ4v) is 4.51. The van der Waals surface area contributed by atoms with Gasteiger partial charge in [-0.05, 0) is 5.57 Å². The Hall–Kier alpha value is -3.43. The van der Waals surface area contributed by atoms with Crippen LogP contribution in [0.4, 0.5) is 5.13 Å². The van der Waals surface area contributed by atoms with Crippen molar-refractivity contribution in [3.8, 4) is 0 Å². The lowest BCUT2D eigenvalue weighted by Crippen LogP contribution is -2.71. The van der Waals surface area contributed by atoms with E-state index in [1.165, 1.54) is 23.2 Å². The molecule has 0 unspecified atom stereocenters. The summed E-state index contributed by atoms with van der Waals surface area (Å²) in [6, 6.07) is -0.944. The number of aromatic nitrogens is 1. The minimum Gasteiger partial charge on any atom is -0.480 e. The summed E-state index contributed by atoms with van der Waals surface area (Å²) in [4.78, 5) is 50.4. The molecule has 1 aromatic rings. The molecule has 0 spiro atoms. The number of thioether (sulfide) groups is 1. The predicted octanol–water partition coefficient (Wildman–Crippen LogP) is -1.14. The van der Waals surface area contributed by atoms with Crippen LogP contribution < -0.4 is 16.8 Å². The Bertz CT molecular complexity index is 989. The molecule has 0 bridgehead atoms. The first-order chi connectivity index (χ1) is 14.7. The zero-order chi connectivity index (χ0) is 23.3. The van der Waals surface area contributed by atoms with Crippen molar-refractivity contribution in [1.29, 1.82) is 0 Å². The maximum atomic E-state index is 12.4. The highest BCUT2D eigenvalue weighted by molar-refractivity contribution is 8.00. The highest BCUT2D eigenvalue weighted by Gasteiger charge is 2.54. The number of fused-ring (bicyclic) bond motifs is 1. The summed E-state index contributed by atoms with van der Waals surface area (Å²) in [6.07, 6.45) is 1.40. The Kier molecular flexibility index (Phi) is 7.73. The molecule has 2 amide bonds. The number of thiazole rings is 1. The maximum Gasteiger partial charge on any atom is 0.352 e. The molecule has 1 aromatic heterocycles. The number of carboxylic acids is 2. The summed E-state index contributed by atoms with van der Waals surface area (Å²) in [6.45, 7) is 3.28. The predicted molar refractivity (Wildman–Crippen MR) is 111 cm³/mol. The molecule has 2 aliphatic heterocycles. The van der Waals surface area contributed by atoms with Gasteiger partial charge >= 0.3 is 11.9 Å². The van der Waals surface area contributed by atoms with Crippen molar-refractivity contribution >= 4 is 57.7 Å². The van der Waals surface area contributed by atoms with E-state index in [4.69, 9.17) is 16.0 Å². The lowest BCUT2D eigenvalue weighted by Gasteiger charge is -2.49. The molecule has 2 aliphatic rings. The third kappa shape index (κ3) is 5.01. The SMILES string of the molecule is C=CC1=C(C(=O)O)N2C(=O)[C@@H](NC(=O)/C(=N\O)c3csc(N)n3)[C@H]2SC1.NCC(=O)O. The number of carbonyl (C=O) groups is 4. The second-order valence-electron chi connectivity index (χ2n) is 5.86. The van der Waals surface area contributed by atoms with Gasteiger partial charge in [0.25, 0.3) is 11.8 Å². The largest absolute Gasteiger partial charge is 0.480 e. The molecular formula is C16H18N6O7S2. The van der Waals surface area contributed by atoms with Gasteiger partial charge < -0.3 is 32.2 Å². The van der Waals surface area contributed by atoms with Crippen LogP contribution in [-0.2, 0) is 19.2 Å². The monoisotopic (exact) mass is 470 g/mol. The van der Waals surface area contributed by atoms with Crippen molar-refractivity contribution in [3.05, 3.63) is 35.0 Å². The zero-order valence-electron chi connectivity index (χ0n) is 15.7. The number of anilines is 1. The van der Waals surface area contributed by atoms with Crippen LogP contribution in [0, 0.1) is 0 Å². The third-order valence-electron chi connectivity index (χ3n) is 3.99. The van der Waals surface area contributed by atoms with E-state index in [1.807, 2.05) is 0 Å². The number of oxime groups is 1. The van der Waals surface area contributed by atoms with Crippen molar-refractivity contribution in [2.75, 3.05) is 18.0 Å². The van der Waals surface area contributed by atoms with E-state index in [2.05, 4.69) is 27.8 Å². The highest BCUT2D eigenvalue weighted by Crippen LogP contribution is 2.40. The minimum atomic E-state index is -1.24. The second kappa shape index (κ2) is 10.1. The normalized spacial score (nSPS) is 20.1. The number of carboxylic acid groups (broad SMARTS) is 2. The van der Waals surface area contributed by atoms with E-state index < -0.39 is 35.2 Å². The van der Waals surface area contributed by atoms with Gasteiger partial charge in [-0.15, -0.1) is 23.1 Å². The van der Waals surface area contributed by atoms with Crippen molar-refractivity contribution < 1.29 is 34.6 Å². The number of rotatable bonds is 6. The first-order valence-electron chi connectivity index (χ1n) is 8.35. The quantitative estimate of drug-likeness (QED) is 0.126. The fourth-order valence-electron chi connectivity index (χ4n) is 2.62. The van der Waals surface area contributed by atoms with Gasteiger partial charge in [-0.25, -0.2) is 9.78 Å². The molecule has 31 heavy (non-hydrogen) atoms. The van der Waals surface area contributed by atoms with Crippen LogP contribution in [0.2, 0.25) is 0 Å². The number of allylic oxidation sites excluding steroid dienone is 1. The molecular weight excluding hydrogens is 452 g/mol. The van der Waals surface area contributed by atoms with Gasteiger partial charge in [0.1, 0.15) is 22.8 Å². The number of hydrogen-bond acceptors (Lipinski definition) is 11. The topological polar surface area (TPSA) is 222 Å². The van der Waals surface area contributed by atoms with Gasteiger partial charge in [0.2, 0.25) is 0 Å². The standard InChI is InChI=1S/C14H13N5O5S2.C2H5NO2/c1-2-5-3-25-12-8(11(21)19(12)9(5)13(22)23)17-10(20)7(18-24)6-4-26-14(15)16-6;3-1-2(4)5/h2,4,8,12,24H,1,3H2,(H2,15,16)(H,17,20)(H,22,23);1,3H2,(H,4,5)/b18-7-;/t8-,12-;/m1./s1. The summed E-state index contributed by atoms with van der Waals surface area (Å²) >= 11 is 2.37. The van der Waals surface area contributed by atoms with Crippen molar-refractivity contribution in [3.63, 3.8) is 0 Å². The van der Waals surface area contributed by atoms with Gasteiger partial charge in [-0.3, -0.25) is 19.3 Å². The summed E-state index contributed by atoms with van der Waals surface area (Å²) in [7, 11) is 0. The van der Waals surface area contributed by atoms with Crippen LogP contribution in [0.25, 0.3) is 0 Å². The number of hydrogen-bond donors (Lipinski definition) is 6. The Labute approximate surface area is 183 Å². The molecule has 3 heterocycles. The third-order valence-corrected chi connectivity index (χ3v) is 5.96. The first-order valence-corrected chi connectivity index (χ1v) is 10.3. The number of nitrogen functional groups attached to an aromatic ring is 1. The van der Waals surface area contributed by atoms with E-state index >= 15 is 0 Å². The fraction of sp³-hybridized carbons (Fsp3) is 0.250. The molecule has 0 radical (unpaired) electrons. The highest BCUT2D eigenvalue weighted by atomic mass is 32.2. The van der Waals surface area contributed by atoms with Gasteiger partial charge in [0.15, 0.2) is 10.8 Å². The summed E-state index contributed by atoms with van der Waals surface area (Å²) in [5.41, 5.74) is 10.1. The molecule has 15 heteroatoms. The van der Waals surface area contributed by atoms with Crippen molar-refractivity contribution in [1.82, 2.24) is 15.2 Å². The lowest BCUT2D eigenvalue weighted by atomic mass is 10.0. The van der Waals surface area contributed by atoms with Gasteiger partial charge in [0.05, 0.1) is 6.54 Å². The maximum absolute atomic E-state index is 12.4. The van der Waals surface area contributed by atoms with Gasteiger partial charge in [-0.1, -0.05) is 17.8 Å². The van der Waals surface area contributed by atoms with Crippen LogP contribution in [-0.4, -0.2) is 78.5 Å². The van der Waals surface area contributed by atoms with Gasteiger partial charge in [-0.2, -0.15) is 0 Å². The number of nitrogens with one attached hydrogen (secondary N) is 1. The Morgan fingerprint density at radius 3 is 2.52 bits per heavy atom. The number of nitrogens with two attached hydrogens (primary N) is 2. The minimum absolute atomic E-state index is 0.0764. The number of β-lactam (4-membered cyclic amide) rings is 1. The molecule has 8 N–H and O–H groups in total. The average molecular weight is 470 g/mol. The Morgan fingerprint density at radius 2 is 2.06 bits per heavy atom. The van der Waals surface area contributed by atoms with Crippen LogP contribution in [0.15, 0.2) is 34.5 Å². The Balaban J connectivity index is 0.000000614. The number of amides is 2. The summed E-state index contributed by atoms with van der Waals surface area (Å²) < 4.78 is 0. The van der Waals surface area contributed by atoms with E-state index in [1.54, 1.807) is 0 Å². The molecule has 1 fully saturated rings. The van der Waals surface area contributed by atoms with Gasteiger partial charge in [0, 0.05) is 11.1 Å². The molecule has 13 nitrogen and oxygen atoms in total. The number of carbonyl (C=O) groups excluding carboxylic acids is 2.